The third-order valence-corrected chi connectivity index (χ3v) is 4.85. The second kappa shape index (κ2) is 5.96. The quantitative estimate of drug-likeness (QED) is 0.587. The summed E-state index contributed by atoms with van der Waals surface area (Å²) < 4.78 is 8.55. The third-order valence-electron chi connectivity index (χ3n) is 3.87. The number of halogens is 3. The first-order valence-corrected chi connectivity index (χ1v) is 8.77. The molecule has 0 unspecified atom stereocenters. The van der Waals surface area contributed by atoms with Gasteiger partial charge >= 0.3 is 0 Å². The van der Waals surface area contributed by atoms with Gasteiger partial charge in [0.05, 0.1) is 0 Å². The molecular weight excluding hydrogens is 401 g/mol. The first-order valence-electron chi connectivity index (χ1n) is 7.22. The number of pyridine rings is 1. The fourth-order valence-corrected chi connectivity index (χ4v) is 3.49. The molecule has 0 radical (unpaired) electrons. The molecule has 3 aromatic rings. The minimum Gasteiger partial charge on any atom is -0.489 e. The topological polar surface area (TPSA) is 39.4 Å². The number of ether oxygens (including phenoxy) is 1. The van der Waals surface area contributed by atoms with E-state index in [1.54, 1.807) is 18.2 Å². The average molecular weight is 413 g/mol. The Morgan fingerprint density at radius 2 is 1.87 bits per heavy atom. The fraction of sp³-hybridized carbons (Fsp3) is 0.250. The molecule has 0 bridgehead atoms. The van der Waals surface area contributed by atoms with Gasteiger partial charge in [-0.15, -0.1) is 10.2 Å². The lowest BCUT2D eigenvalue weighted by Gasteiger charge is -2.12. The molecule has 0 amide bonds. The number of aromatic nitrogens is 3. The van der Waals surface area contributed by atoms with Crippen molar-refractivity contribution in [2.45, 2.75) is 25.4 Å². The van der Waals surface area contributed by atoms with Gasteiger partial charge in [-0.3, -0.25) is 4.40 Å². The summed E-state index contributed by atoms with van der Waals surface area (Å²) in [4.78, 5) is 0. The highest BCUT2D eigenvalue weighted by Gasteiger charge is 2.27. The Morgan fingerprint density at radius 1 is 1.13 bits per heavy atom. The maximum absolute atomic E-state index is 6.01. The summed E-state index contributed by atoms with van der Waals surface area (Å²) in [6.45, 7) is 0.448. The number of nitrogens with zero attached hydrogens (tertiary/aromatic N) is 3. The van der Waals surface area contributed by atoms with Gasteiger partial charge in [0.15, 0.2) is 5.65 Å². The van der Waals surface area contributed by atoms with Gasteiger partial charge in [-0.25, -0.2) is 0 Å². The highest BCUT2D eigenvalue weighted by atomic mass is 79.9. The second-order valence-electron chi connectivity index (χ2n) is 5.62. The Morgan fingerprint density at radius 3 is 2.57 bits per heavy atom. The Kier molecular flexibility index (Phi) is 3.95. The molecule has 1 fully saturated rings. The van der Waals surface area contributed by atoms with Crippen molar-refractivity contribution in [1.82, 2.24) is 14.6 Å². The van der Waals surface area contributed by atoms with Gasteiger partial charge in [-0.1, -0.05) is 23.2 Å². The zero-order chi connectivity index (χ0) is 16.0. The Balaban J connectivity index is 1.66. The Labute approximate surface area is 151 Å². The molecule has 0 spiro atoms. The van der Waals surface area contributed by atoms with E-state index in [-0.39, 0.29) is 0 Å². The number of rotatable bonds is 4. The van der Waals surface area contributed by atoms with Crippen LogP contribution in [0.4, 0.5) is 0 Å². The molecule has 0 saturated heterocycles. The largest absolute Gasteiger partial charge is 0.489 e. The van der Waals surface area contributed by atoms with E-state index in [9.17, 15) is 0 Å². The van der Waals surface area contributed by atoms with Crippen LogP contribution in [0.3, 0.4) is 0 Å². The van der Waals surface area contributed by atoms with Gasteiger partial charge in [0.25, 0.3) is 0 Å². The first kappa shape index (κ1) is 15.2. The molecule has 4 nitrogen and oxygen atoms in total. The van der Waals surface area contributed by atoms with E-state index in [1.165, 1.54) is 18.4 Å². The van der Waals surface area contributed by atoms with Crippen LogP contribution in [-0.4, -0.2) is 14.6 Å². The van der Waals surface area contributed by atoms with E-state index < -0.39 is 0 Å². The van der Waals surface area contributed by atoms with Crippen molar-refractivity contribution in [2.24, 2.45) is 0 Å². The predicted octanol–water partition coefficient (Wildman–Crippen LogP) is 5.26. The molecule has 1 saturated carbocycles. The highest BCUT2D eigenvalue weighted by Crippen LogP contribution is 2.42. The van der Waals surface area contributed by atoms with Crippen LogP contribution in [0.15, 0.2) is 35.2 Å². The minimum atomic E-state index is 0.448. The predicted molar refractivity (Wildman–Crippen MR) is 93.5 cm³/mol. The second-order valence-corrected chi connectivity index (χ2v) is 7.20. The Hall–Kier alpha value is -1.30. The summed E-state index contributed by atoms with van der Waals surface area (Å²) in [5, 5.41) is 9.33. The van der Waals surface area contributed by atoms with E-state index in [4.69, 9.17) is 27.9 Å². The third kappa shape index (κ3) is 3.18. The normalized spacial score (nSPS) is 14.4. The summed E-state index contributed by atoms with van der Waals surface area (Å²) >= 11 is 15.4. The van der Waals surface area contributed by atoms with Crippen LogP contribution < -0.4 is 4.74 Å². The lowest BCUT2D eigenvalue weighted by atomic mass is 10.1. The molecular formula is C16H12BrCl2N3O. The fourth-order valence-electron chi connectivity index (χ4n) is 2.62. The van der Waals surface area contributed by atoms with Crippen LogP contribution in [0.2, 0.25) is 10.0 Å². The summed E-state index contributed by atoms with van der Waals surface area (Å²) in [5.41, 5.74) is 3.20. The minimum absolute atomic E-state index is 0.448. The molecule has 7 heteroatoms. The monoisotopic (exact) mass is 411 g/mol. The summed E-state index contributed by atoms with van der Waals surface area (Å²) in [6.07, 6.45) is 4.52. The van der Waals surface area contributed by atoms with Crippen LogP contribution >= 0.6 is 39.1 Å². The van der Waals surface area contributed by atoms with Crippen LogP contribution in [0, 0.1) is 0 Å². The van der Waals surface area contributed by atoms with Crippen molar-refractivity contribution in [3.63, 3.8) is 0 Å². The number of hydrogen-bond donors (Lipinski definition) is 0. The maximum atomic E-state index is 6.01. The van der Waals surface area contributed by atoms with Crippen LogP contribution in [0.25, 0.3) is 5.65 Å². The molecule has 1 aliphatic carbocycles. The van der Waals surface area contributed by atoms with Gasteiger partial charge in [0.2, 0.25) is 4.73 Å². The molecule has 0 aliphatic heterocycles. The summed E-state index contributed by atoms with van der Waals surface area (Å²) in [7, 11) is 0. The van der Waals surface area contributed by atoms with Gasteiger partial charge in [-0.2, -0.15) is 0 Å². The molecule has 0 atom stereocenters. The van der Waals surface area contributed by atoms with Crippen molar-refractivity contribution in [1.29, 1.82) is 0 Å². The SMILES string of the molecule is Clc1cc(Cl)cc(OCc2cc3nnc(Br)n3cc2C2CC2)c1. The molecule has 118 valence electrons. The van der Waals surface area contributed by atoms with Crippen molar-refractivity contribution >= 4 is 44.8 Å². The smallest absolute Gasteiger partial charge is 0.204 e. The van der Waals surface area contributed by atoms with E-state index in [0.717, 1.165) is 11.2 Å². The lowest BCUT2D eigenvalue weighted by molar-refractivity contribution is 0.305. The maximum Gasteiger partial charge on any atom is 0.204 e. The molecule has 2 aromatic heterocycles. The number of hydrogen-bond acceptors (Lipinski definition) is 3. The van der Waals surface area contributed by atoms with Gasteiger partial charge < -0.3 is 4.74 Å². The zero-order valence-corrected chi connectivity index (χ0v) is 15.1. The van der Waals surface area contributed by atoms with Crippen molar-refractivity contribution < 1.29 is 4.74 Å². The van der Waals surface area contributed by atoms with Crippen molar-refractivity contribution in [3.05, 3.63) is 56.4 Å². The number of benzene rings is 1. The number of fused-ring (bicyclic) bond motifs is 1. The van der Waals surface area contributed by atoms with Crippen molar-refractivity contribution in [3.8, 4) is 5.75 Å². The molecule has 0 N–H and O–H groups in total. The van der Waals surface area contributed by atoms with Gasteiger partial charge in [-0.05, 0) is 70.1 Å². The molecule has 1 aliphatic rings. The Bertz CT molecular complexity index is 872. The molecule has 4 rings (SSSR count). The first-order chi connectivity index (χ1) is 11.1. The van der Waals surface area contributed by atoms with Crippen LogP contribution in [0.1, 0.15) is 29.9 Å². The van der Waals surface area contributed by atoms with E-state index >= 15 is 0 Å². The average Bonchev–Trinajstić information content (AvgIpc) is 3.28. The van der Waals surface area contributed by atoms with E-state index in [0.29, 0.717) is 33.1 Å². The molecule has 1 aromatic carbocycles. The standard InChI is InChI=1S/C16H12BrCl2N3O/c17-16-21-20-15-3-10(14(7-22(15)16)9-1-2-9)8-23-13-5-11(18)4-12(19)6-13/h3-7,9H,1-2,8H2. The summed E-state index contributed by atoms with van der Waals surface area (Å²) in [5.74, 6) is 1.25. The van der Waals surface area contributed by atoms with E-state index in [2.05, 4.69) is 32.3 Å². The van der Waals surface area contributed by atoms with E-state index in [1.807, 2.05) is 10.5 Å². The van der Waals surface area contributed by atoms with Gasteiger partial charge in [0.1, 0.15) is 12.4 Å². The molecule has 23 heavy (non-hydrogen) atoms. The van der Waals surface area contributed by atoms with Crippen molar-refractivity contribution in [2.75, 3.05) is 0 Å². The highest BCUT2D eigenvalue weighted by molar-refractivity contribution is 9.10. The van der Waals surface area contributed by atoms with Crippen LogP contribution in [-0.2, 0) is 6.61 Å². The van der Waals surface area contributed by atoms with Gasteiger partial charge in [0, 0.05) is 16.2 Å². The zero-order valence-electron chi connectivity index (χ0n) is 12.0. The lowest BCUT2D eigenvalue weighted by Crippen LogP contribution is -2.02. The summed E-state index contributed by atoms with van der Waals surface area (Å²) in [6, 6.07) is 7.23. The molecule has 2 heterocycles. The van der Waals surface area contributed by atoms with Crippen LogP contribution in [0.5, 0.6) is 5.75 Å².